The smallest absolute Gasteiger partial charge is 0.0883 e. The number of hydrogen-bond acceptors (Lipinski definition) is 0. The molecular formula is C11H8. The SMILES string of the molecule is [CH+]=c1c2c[cH-]ccc-2cc1=C. The van der Waals surface area contributed by atoms with Gasteiger partial charge in [-0.3, -0.25) is 0 Å². The molecule has 0 saturated heterocycles. The van der Waals surface area contributed by atoms with E-state index in [-0.39, 0.29) is 0 Å². The second kappa shape index (κ2) is 1.98. The van der Waals surface area contributed by atoms with E-state index in [1.54, 1.807) is 0 Å². The van der Waals surface area contributed by atoms with Crippen LogP contribution in [0, 0.1) is 0 Å². The Morgan fingerprint density at radius 1 is 1.45 bits per heavy atom. The molecule has 0 bridgehead atoms. The second-order valence-electron chi connectivity index (χ2n) is 2.67. The van der Waals surface area contributed by atoms with Gasteiger partial charge in [0.15, 0.2) is 0 Å². The first-order valence-electron chi connectivity index (χ1n) is 3.55. The van der Waals surface area contributed by atoms with Gasteiger partial charge in [0.25, 0.3) is 0 Å². The quantitative estimate of drug-likeness (QED) is 0.482. The summed E-state index contributed by atoms with van der Waals surface area (Å²) in [5.41, 5.74) is 2.28. The summed E-state index contributed by atoms with van der Waals surface area (Å²) in [6.45, 7) is 9.61. The molecule has 0 heteroatoms. The van der Waals surface area contributed by atoms with E-state index in [4.69, 9.17) is 6.58 Å². The van der Waals surface area contributed by atoms with Gasteiger partial charge < -0.3 is 0 Å². The maximum Gasteiger partial charge on any atom is 0.0883 e. The predicted molar refractivity (Wildman–Crippen MR) is 47.9 cm³/mol. The fourth-order valence-corrected chi connectivity index (χ4v) is 1.31. The van der Waals surface area contributed by atoms with Crippen LogP contribution >= 0.6 is 0 Å². The molecule has 0 radical (unpaired) electrons. The molecule has 2 aliphatic rings. The van der Waals surface area contributed by atoms with Crippen molar-refractivity contribution in [1.82, 2.24) is 0 Å². The topological polar surface area (TPSA) is 0 Å². The Labute approximate surface area is 65.8 Å². The number of hydrogen-bond donors (Lipinski definition) is 0. The van der Waals surface area contributed by atoms with Crippen molar-refractivity contribution < 1.29 is 0 Å². The normalized spacial score (nSPS) is 10.5. The lowest BCUT2D eigenvalue weighted by Gasteiger charge is -2.00. The van der Waals surface area contributed by atoms with E-state index in [2.05, 4.69) is 6.58 Å². The van der Waals surface area contributed by atoms with Crippen LogP contribution in [-0.4, -0.2) is 0 Å². The van der Waals surface area contributed by atoms with Gasteiger partial charge in [0.05, 0.1) is 10.4 Å². The summed E-state index contributed by atoms with van der Waals surface area (Å²) in [6.07, 6.45) is 0. The van der Waals surface area contributed by atoms with E-state index in [0.29, 0.717) is 0 Å². The lowest BCUT2D eigenvalue weighted by molar-refractivity contribution is 1.66. The molecule has 0 fully saturated rings. The maximum atomic E-state index is 5.78. The molecule has 11 heavy (non-hydrogen) atoms. The Kier molecular flexibility index (Phi) is 1.12. The molecule has 0 aromatic heterocycles. The molecule has 0 aromatic carbocycles. The lowest BCUT2D eigenvalue weighted by Crippen LogP contribution is -2.15. The van der Waals surface area contributed by atoms with E-state index in [9.17, 15) is 0 Å². The Bertz CT molecular complexity index is 434. The second-order valence-corrected chi connectivity index (χ2v) is 2.67. The Balaban J connectivity index is 3.03. The highest BCUT2D eigenvalue weighted by Crippen LogP contribution is 2.13. The summed E-state index contributed by atoms with van der Waals surface area (Å²) in [4.78, 5) is 0. The first-order valence-corrected chi connectivity index (χ1v) is 3.55. The minimum absolute atomic E-state index is 0.806. The van der Waals surface area contributed by atoms with E-state index in [1.807, 2.05) is 30.3 Å². The fraction of sp³-hybridized carbons (Fsp3) is 0. The molecule has 0 nitrogen and oxygen atoms in total. The van der Waals surface area contributed by atoms with Gasteiger partial charge in [0.1, 0.15) is 0 Å². The summed E-state index contributed by atoms with van der Waals surface area (Å²) >= 11 is 0. The molecule has 52 valence electrons. The van der Waals surface area contributed by atoms with Crippen molar-refractivity contribution in [1.29, 1.82) is 0 Å². The zero-order valence-corrected chi connectivity index (χ0v) is 6.17. The van der Waals surface area contributed by atoms with Gasteiger partial charge in [-0.2, -0.15) is 24.3 Å². The Morgan fingerprint density at radius 2 is 2.27 bits per heavy atom. The van der Waals surface area contributed by atoms with Crippen LogP contribution in [0.25, 0.3) is 24.3 Å². The van der Waals surface area contributed by atoms with Crippen molar-refractivity contribution in [3.05, 3.63) is 40.8 Å². The predicted octanol–water partition coefficient (Wildman–Crippen LogP) is 1.21. The molecule has 0 aromatic rings. The first-order chi connectivity index (χ1) is 5.29. The minimum Gasteiger partial charge on any atom is -0.172 e. The van der Waals surface area contributed by atoms with Crippen molar-refractivity contribution >= 4 is 13.2 Å². The van der Waals surface area contributed by atoms with E-state index >= 15 is 0 Å². The minimum atomic E-state index is 0.806. The van der Waals surface area contributed by atoms with Crippen molar-refractivity contribution in [3.63, 3.8) is 0 Å². The molecule has 0 saturated carbocycles. The average Bonchev–Trinajstić information content (AvgIpc) is 2.30. The van der Waals surface area contributed by atoms with Crippen LogP contribution in [0.5, 0.6) is 0 Å². The van der Waals surface area contributed by atoms with E-state index in [0.717, 1.165) is 16.0 Å². The van der Waals surface area contributed by atoms with Gasteiger partial charge in [-0.05, 0) is 19.2 Å². The number of fused-ring (bicyclic) bond motifs is 1. The highest BCUT2D eigenvalue weighted by molar-refractivity contribution is 5.67. The fourth-order valence-electron chi connectivity index (χ4n) is 1.31. The molecule has 2 aliphatic carbocycles. The molecule has 0 spiro atoms. The van der Waals surface area contributed by atoms with Gasteiger partial charge in [-0.1, -0.05) is 5.56 Å². The highest BCUT2D eigenvalue weighted by atomic mass is 14.0. The average molecular weight is 140 g/mol. The van der Waals surface area contributed by atoms with Crippen LogP contribution in [0.1, 0.15) is 0 Å². The summed E-state index contributed by atoms with van der Waals surface area (Å²) < 4.78 is 0. The molecule has 0 aliphatic heterocycles. The maximum absolute atomic E-state index is 5.78. The van der Waals surface area contributed by atoms with Crippen molar-refractivity contribution in [2.24, 2.45) is 0 Å². The summed E-state index contributed by atoms with van der Waals surface area (Å²) in [7, 11) is 0. The van der Waals surface area contributed by atoms with Gasteiger partial charge in [0.2, 0.25) is 0 Å². The van der Waals surface area contributed by atoms with Crippen LogP contribution < -0.4 is 10.4 Å². The molecule has 0 unspecified atom stereocenters. The third-order valence-electron chi connectivity index (χ3n) is 1.93. The largest absolute Gasteiger partial charge is 0.172 e. The number of rotatable bonds is 0. The lowest BCUT2D eigenvalue weighted by atomic mass is 10.1. The molecule has 0 heterocycles. The van der Waals surface area contributed by atoms with Gasteiger partial charge in [-0.25, -0.2) is 0 Å². The monoisotopic (exact) mass is 140 g/mol. The van der Waals surface area contributed by atoms with Crippen LogP contribution in [-0.2, 0) is 0 Å². The standard InChI is InChI=1S/C11H8/c1-8-7-10-5-3-4-6-11(10)9(8)2/h2-7H,1H2. The van der Waals surface area contributed by atoms with Crippen molar-refractivity contribution in [3.8, 4) is 11.1 Å². The third-order valence-corrected chi connectivity index (χ3v) is 1.93. The van der Waals surface area contributed by atoms with Crippen LogP contribution in [0.4, 0.5) is 0 Å². The van der Waals surface area contributed by atoms with Crippen molar-refractivity contribution in [2.75, 3.05) is 0 Å². The van der Waals surface area contributed by atoms with Crippen LogP contribution in [0.2, 0.25) is 0 Å². The molecule has 0 atom stereocenters. The molecule has 0 N–H and O–H groups in total. The molecule has 2 rings (SSSR count). The van der Waals surface area contributed by atoms with Gasteiger partial charge in [0, 0.05) is 0 Å². The van der Waals surface area contributed by atoms with Crippen molar-refractivity contribution in [2.45, 2.75) is 0 Å². The first kappa shape index (κ1) is 6.21. The van der Waals surface area contributed by atoms with E-state index in [1.165, 1.54) is 5.56 Å². The zero-order chi connectivity index (χ0) is 7.84. The summed E-state index contributed by atoms with van der Waals surface area (Å²) in [5.74, 6) is 0. The van der Waals surface area contributed by atoms with Crippen LogP contribution in [0.15, 0.2) is 30.3 Å². The summed E-state index contributed by atoms with van der Waals surface area (Å²) in [6, 6.07) is 10.0. The number of benzene rings is 1. The third kappa shape index (κ3) is 0.772. The highest BCUT2D eigenvalue weighted by Gasteiger charge is 1.98. The summed E-state index contributed by atoms with van der Waals surface area (Å²) in [5, 5.41) is 1.73. The molecule has 0 amide bonds. The van der Waals surface area contributed by atoms with E-state index < -0.39 is 0 Å². The molecular weight excluding hydrogens is 132 g/mol. The van der Waals surface area contributed by atoms with Crippen LogP contribution in [0.3, 0.4) is 0 Å². The Hall–Kier alpha value is -1.52. The Morgan fingerprint density at radius 3 is 3.00 bits per heavy atom. The zero-order valence-electron chi connectivity index (χ0n) is 6.17. The van der Waals surface area contributed by atoms with Gasteiger partial charge >= 0.3 is 0 Å². The van der Waals surface area contributed by atoms with Gasteiger partial charge in [-0.15, -0.1) is 5.56 Å².